The van der Waals surface area contributed by atoms with Gasteiger partial charge in [-0.05, 0) is 0 Å². The predicted molar refractivity (Wildman–Crippen MR) is 42.0 cm³/mol. The molecule has 0 radical (unpaired) electrons. The molecule has 0 aliphatic carbocycles. The maximum Gasteiger partial charge on any atom is 0.471 e. The van der Waals surface area contributed by atoms with Crippen LogP contribution < -0.4 is 5.32 Å². The van der Waals surface area contributed by atoms with Gasteiger partial charge in [-0.15, -0.1) is 0 Å². The van der Waals surface area contributed by atoms with E-state index in [9.17, 15) is 23.1 Å². The highest BCUT2D eigenvalue weighted by atomic mass is 19.4. The lowest BCUT2D eigenvalue weighted by Crippen LogP contribution is -2.60. The Balaban J connectivity index is 2.59. The van der Waals surface area contributed by atoms with E-state index in [1.165, 1.54) is 5.32 Å². The fraction of sp³-hybridized carbons (Fsp3) is 0.857. The Hall–Kier alpha value is -0.900. The number of carbonyl (C=O) groups excluding carboxylic acids is 1. The zero-order chi connectivity index (χ0) is 12.5. The number of rotatable bonds is 1. The summed E-state index contributed by atoms with van der Waals surface area (Å²) in [7, 11) is 0. The molecule has 1 fully saturated rings. The van der Waals surface area contributed by atoms with Crippen molar-refractivity contribution in [1.82, 2.24) is 5.32 Å². The van der Waals surface area contributed by atoms with Gasteiger partial charge in [-0.2, -0.15) is 13.2 Å². The normalized spacial score (nSPS) is 35.9. The van der Waals surface area contributed by atoms with Crippen LogP contribution in [0.1, 0.15) is 0 Å². The highest BCUT2D eigenvalue weighted by molar-refractivity contribution is 5.82. The summed E-state index contributed by atoms with van der Waals surface area (Å²) in [5.41, 5.74) is 0. The fourth-order valence-electron chi connectivity index (χ4n) is 1.18. The second-order valence-electron chi connectivity index (χ2n) is 3.28. The molecule has 4 atom stereocenters. The minimum Gasteiger partial charge on any atom is -0.388 e. The van der Waals surface area contributed by atoms with Crippen molar-refractivity contribution in [3.8, 4) is 0 Å². The van der Waals surface area contributed by atoms with Crippen LogP contribution in [0.2, 0.25) is 0 Å². The lowest BCUT2D eigenvalue weighted by atomic mass is 10.0. The topological polar surface area (TPSA) is 99.0 Å². The minimum absolute atomic E-state index is 0.527. The first kappa shape index (κ1) is 13.2. The smallest absolute Gasteiger partial charge is 0.388 e. The van der Waals surface area contributed by atoms with Crippen molar-refractivity contribution in [3.63, 3.8) is 0 Å². The predicted octanol–water partition coefficient (Wildman–Crippen LogP) is -1.90. The molecule has 1 unspecified atom stereocenters. The third-order valence-electron chi connectivity index (χ3n) is 2.07. The van der Waals surface area contributed by atoms with E-state index in [2.05, 4.69) is 4.74 Å². The van der Waals surface area contributed by atoms with E-state index in [4.69, 9.17) is 10.2 Å². The van der Waals surface area contributed by atoms with Crippen LogP contribution in [-0.4, -0.2) is 58.5 Å². The first-order valence-electron chi connectivity index (χ1n) is 4.27. The number of halogens is 3. The van der Waals surface area contributed by atoms with Gasteiger partial charge >= 0.3 is 12.1 Å². The number of hydrogen-bond acceptors (Lipinski definition) is 5. The lowest BCUT2D eigenvalue weighted by molar-refractivity contribution is -0.231. The van der Waals surface area contributed by atoms with Crippen LogP contribution in [0.25, 0.3) is 0 Å². The van der Waals surface area contributed by atoms with E-state index >= 15 is 0 Å². The van der Waals surface area contributed by atoms with Gasteiger partial charge in [0.15, 0.2) is 6.29 Å². The molecular weight excluding hydrogens is 235 g/mol. The van der Waals surface area contributed by atoms with E-state index < -0.39 is 43.2 Å². The van der Waals surface area contributed by atoms with Crippen LogP contribution in [-0.2, 0) is 9.53 Å². The van der Waals surface area contributed by atoms with Crippen LogP contribution in [0.4, 0.5) is 13.2 Å². The molecule has 1 amide bonds. The highest BCUT2D eigenvalue weighted by Gasteiger charge is 2.44. The number of ether oxygens (including phenoxy) is 1. The second-order valence-corrected chi connectivity index (χ2v) is 3.28. The quantitative estimate of drug-likeness (QED) is 0.432. The van der Waals surface area contributed by atoms with E-state index in [1.807, 2.05) is 0 Å². The van der Waals surface area contributed by atoms with Crippen molar-refractivity contribution in [2.45, 2.75) is 30.7 Å². The second kappa shape index (κ2) is 4.53. The summed E-state index contributed by atoms with van der Waals surface area (Å²) < 4.78 is 40.0. The number of carbonyl (C=O) groups is 1. The molecule has 4 N–H and O–H groups in total. The summed E-state index contributed by atoms with van der Waals surface area (Å²) in [5.74, 6) is -2.25. The maximum absolute atomic E-state index is 11.9. The Kier molecular flexibility index (Phi) is 3.73. The maximum atomic E-state index is 11.9. The molecule has 94 valence electrons. The summed E-state index contributed by atoms with van der Waals surface area (Å²) >= 11 is 0. The molecule has 1 aliphatic heterocycles. The van der Waals surface area contributed by atoms with Crippen LogP contribution in [0.15, 0.2) is 0 Å². The van der Waals surface area contributed by atoms with Gasteiger partial charge in [-0.3, -0.25) is 4.79 Å². The summed E-state index contributed by atoms with van der Waals surface area (Å²) in [6.45, 7) is -0.527. The van der Waals surface area contributed by atoms with E-state index in [0.29, 0.717) is 0 Å². The number of nitrogens with one attached hydrogen (secondary N) is 1. The third kappa shape index (κ3) is 2.82. The fourth-order valence-corrected chi connectivity index (χ4v) is 1.18. The van der Waals surface area contributed by atoms with Crippen molar-refractivity contribution >= 4 is 5.91 Å². The highest BCUT2D eigenvalue weighted by Crippen LogP contribution is 2.18. The molecule has 0 aromatic carbocycles. The molecule has 1 saturated heterocycles. The summed E-state index contributed by atoms with van der Waals surface area (Å²) in [6.07, 6.45) is -10.3. The number of aliphatic hydroxyl groups is 3. The van der Waals surface area contributed by atoms with Crippen molar-refractivity contribution in [1.29, 1.82) is 0 Å². The molecule has 0 saturated carbocycles. The minimum atomic E-state index is -5.08. The van der Waals surface area contributed by atoms with Gasteiger partial charge in [-0.1, -0.05) is 0 Å². The molecule has 1 heterocycles. The molecule has 6 nitrogen and oxygen atoms in total. The monoisotopic (exact) mass is 245 g/mol. The van der Waals surface area contributed by atoms with Crippen LogP contribution in [0.5, 0.6) is 0 Å². The summed E-state index contributed by atoms with van der Waals surface area (Å²) in [5, 5.41) is 28.7. The molecule has 9 heteroatoms. The van der Waals surface area contributed by atoms with Crippen LogP contribution >= 0.6 is 0 Å². The molecule has 0 spiro atoms. The first-order valence-corrected chi connectivity index (χ1v) is 4.27. The Morgan fingerprint density at radius 1 is 1.25 bits per heavy atom. The van der Waals surface area contributed by atoms with Crippen LogP contribution in [0, 0.1) is 0 Å². The summed E-state index contributed by atoms with van der Waals surface area (Å²) in [4.78, 5) is 10.5. The molecule has 0 aromatic heterocycles. The number of alkyl halides is 3. The van der Waals surface area contributed by atoms with Crippen LogP contribution in [0.3, 0.4) is 0 Å². The number of amides is 1. The van der Waals surface area contributed by atoms with E-state index in [1.54, 1.807) is 0 Å². The zero-order valence-corrected chi connectivity index (χ0v) is 7.81. The lowest BCUT2D eigenvalue weighted by Gasteiger charge is -2.35. The zero-order valence-electron chi connectivity index (χ0n) is 7.81. The van der Waals surface area contributed by atoms with Gasteiger partial charge in [0, 0.05) is 0 Å². The Morgan fingerprint density at radius 2 is 1.81 bits per heavy atom. The Morgan fingerprint density at radius 3 is 2.31 bits per heavy atom. The average Bonchev–Trinajstić information content (AvgIpc) is 2.17. The standard InChI is InChI=1S/C7H10F3NO5/c8-7(9,10)6(15)11-2-1-16-5(14)4(13)3(2)12/h2-5,12-14H,1H2,(H,11,15)/t2-,3-,4-,5?/m0/s1. The van der Waals surface area contributed by atoms with Crippen molar-refractivity contribution in [2.75, 3.05) is 6.61 Å². The van der Waals surface area contributed by atoms with Gasteiger partial charge in [0.2, 0.25) is 0 Å². The summed E-state index contributed by atoms with van der Waals surface area (Å²) in [6, 6.07) is -1.42. The van der Waals surface area contributed by atoms with Gasteiger partial charge in [-0.25, -0.2) is 0 Å². The molecule has 1 rings (SSSR count). The third-order valence-corrected chi connectivity index (χ3v) is 2.07. The van der Waals surface area contributed by atoms with Gasteiger partial charge in [0.1, 0.15) is 12.2 Å². The molecular formula is C7H10F3NO5. The van der Waals surface area contributed by atoms with Gasteiger partial charge in [0.25, 0.3) is 0 Å². The van der Waals surface area contributed by atoms with Crippen molar-refractivity contribution < 1.29 is 38.0 Å². The Labute approximate surface area is 87.6 Å². The number of hydrogen-bond donors (Lipinski definition) is 4. The van der Waals surface area contributed by atoms with Crippen molar-refractivity contribution in [3.05, 3.63) is 0 Å². The van der Waals surface area contributed by atoms with Crippen molar-refractivity contribution in [2.24, 2.45) is 0 Å². The number of aliphatic hydroxyl groups excluding tert-OH is 3. The molecule has 0 bridgehead atoms. The largest absolute Gasteiger partial charge is 0.471 e. The Bertz CT molecular complexity index is 271. The van der Waals surface area contributed by atoms with E-state index in [0.717, 1.165) is 0 Å². The molecule has 16 heavy (non-hydrogen) atoms. The first-order chi connectivity index (χ1) is 7.23. The van der Waals surface area contributed by atoms with E-state index in [-0.39, 0.29) is 0 Å². The molecule has 1 aliphatic rings. The van der Waals surface area contributed by atoms with Gasteiger partial charge in [0.05, 0.1) is 12.6 Å². The SMILES string of the molecule is O=C(N[C@H]1COC(O)[C@@H](O)[C@H]1O)C(F)(F)F. The van der Waals surface area contributed by atoms with Gasteiger partial charge < -0.3 is 25.4 Å². The average molecular weight is 245 g/mol. The molecule has 0 aromatic rings.